The highest BCUT2D eigenvalue weighted by molar-refractivity contribution is 7.95. The van der Waals surface area contributed by atoms with Crippen molar-refractivity contribution >= 4 is 28.0 Å². The molecule has 0 N–H and O–H groups in total. The highest BCUT2D eigenvalue weighted by Crippen LogP contribution is 2.32. The van der Waals surface area contributed by atoms with Crippen LogP contribution in [0.3, 0.4) is 0 Å². The quantitative estimate of drug-likeness (QED) is 0.869. The van der Waals surface area contributed by atoms with Gasteiger partial charge in [-0.15, -0.1) is 5.11 Å². The number of thiol groups is 1. The number of nitrogens with zero attached hydrogens (tertiary/aromatic N) is 2. The summed E-state index contributed by atoms with van der Waals surface area (Å²) in [6, 6.07) is 15.9. The summed E-state index contributed by atoms with van der Waals surface area (Å²) in [6.45, 7) is 0.279. The molecular formula is C16H14N2O2S2. The van der Waals surface area contributed by atoms with Gasteiger partial charge in [-0.25, -0.2) is 8.42 Å². The lowest BCUT2D eigenvalue weighted by molar-refractivity contribution is 0.601. The van der Waals surface area contributed by atoms with Crippen LogP contribution in [0.5, 0.6) is 0 Å². The van der Waals surface area contributed by atoms with E-state index in [2.05, 4.69) is 22.9 Å². The normalized spacial score (nSPS) is 14.6. The largest absolute Gasteiger partial charge is 0.226 e. The third-order valence-corrected chi connectivity index (χ3v) is 5.54. The van der Waals surface area contributed by atoms with Gasteiger partial charge in [-0.1, -0.05) is 42.5 Å². The zero-order valence-corrected chi connectivity index (χ0v) is 13.4. The minimum absolute atomic E-state index is 0.0392. The van der Waals surface area contributed by atoms with Crippen LogP contribution in [0.25, 0.3) is 5.57 Å². The molecule has 0 radical (unpaired) electrons. The Labute approximate surface area is 134 Å². The smallest absolute Gasteiger partial charge is 0.217 e. The Balaban J connectivity index is 2.08. The standard InChI is InChI=1S/C16H14N2O2S2/c19-22(20,14-4-2-1-3-5-14)16-15(10-17-18-16)13-8-6-12(11-21)7-9-13/h1-9,21H,10-11H2. The van der Waals surface area contributed by atoms with Crippen LogP contribution in [-0.4, -0.2) is 15.0 Å². The number of hydrogen-bond acceptors (Lipinski definition) is 5. The van der Waals surface area contributed by atoms with E-state index >= 15 is 0 Å². The van der Waals surface area contributed by atoms with Crippen LogP contribution >= 0.6 is 12.6 Å². The first kappa shape index (κ1) is 15.0. The molecule has 2 aromatic carbocycles. The summed E-state index contributed by atoms with van der Waals surface area (Å²) >= 11 is 4.22. The van der Waals surface area contributed by atoms with Gasteiger partial charge in [0.25, 0.3) is 0 Å². The van der Waals surface area contributed by atoms with E-state index in [0.29, 0.717) is 11.3 Å². The third kappa shape index (κ3) is 2.71. The van der Waals surface area contributed by atoms with Crippen molar-refractivity contribution in [3.05, 3.63) is 70.8 Å². The zero-order chi connectivity index (χ0) is 15.6. The van der Waals surface area contributed by atoms with Crippen LogP contribution in [0.4, 0.5) is 0 Å². The Kier molecular flexibility index (Phi) is 4.13. The highest BCUT2D eigenvalue weighted by atomic mass is 32.2. The molecule has 0 saturated heterocycles. The molecule has 0 saturated carbocycles. The highest BCUT2D eigenvalue weighted by Gasteiger charge is 2.28. The van der Waals surface area contributed by atoms with Gasteiger partial charge in [0.05, 0.1) is 11.4 Å². The summed E-state index contributed by atoms with van der Waals surface area (Å²) in [4.78, 5) is 0.232. The van der Waals surface area contributed by atoms with Gasteiger partial charge in [-0.2, -0.15) is 17.7 Å². The minimum atomic E-state index is -3.65. The number of rotatable bonds is 4. The van der Waals surface area contributed by atoms with E-state index in [-0.39, 0.29) is 16.5 Å². The molecule has 0 atom stereocenters. The van der Waals surface area contributed by atoms with Crippen molar-refractivity contribution in [1.29, 1.82) is 0 Å². The van der Waals surface area contributed by atoms with E-state index in [1.54, 1.807) is 30.3 Å². The molecule has 6 heteroatoms. The fourth-order valence-corrected chi connectivity index (χ4v) is 3.87. The Hall–Kier alpha value is -1.92. The maximum Gasteiger partial charge on any atom is 0.226 e. The molecule has 1 heterocycles. The van der Waals surface area contributed by atoms with Crippen molar-refractivity contribution in [2.45, 2.75) is 10.6 Å². The summed E-state index contributed by atoms with van der Waals surface area (Å²) in [5.74, 6) is 0.642. The maximum absolute atomic E-state index is 12.7. The van der Waals surface area contributed by atoms with E-state index in [1.165, 1.54) is 0 Å². The molecule has 0 amide bonds. The molecule has 1 aliphatic heterocycles. The van der Waals surface area contributed by atoms with E-state index in [9.17, 15) is 8.42 Å². The van der Waals surface area contributed by atoms with Crippen LogP contribution < -0.4 is 0 Å². The first-order valence-electron chi connectivity index (χ1n) is 6.74. The maximum atomic E-state index is 12.7. The van der Waals surface area contributed by atoms with Crippen molar-refractivity contribution in [2.75, 3.05) is 6.54 Å². The molecule has 1 aliphatic rings. The van der Waals surface area contributed by atoms with Gasteiger partial charge in [0.2, 0.25) is 9.84 Å². The predicted octanol–water partition coefficient (Wildman–Crippen LogP) is 3.72. The lowest BCUT2D eigenvalue weighted by Gasteiger charge is -2.07. The van der Waals surface area contributed by atoms with Gasteiger partial charge < -0.3 is 0 Å². The molecule has 0 fully saturated rings. The van der Waals surface area contributed by atoms with Crippen molar-refractivity contribution in [1.82, 2.24) is 0 Å². The van der Waals surface area contributed by atoms with E-state index in [4.69, 9.17) is 0 Å². The number of benzene rings is 2. The SMILES string of the molecule is O=S(=O)(C1=C(c2ccc(CS)cc2)CN=N1)c1ccccc1. The summed E-state index contributed by atoms with van der Waals surface area (Å²) in [5, 5.41) is 7.84. The minimum Gasteiger partial charge on any atom is -0.217 e. The Morgan fingerprint density at radius 1 is 1.00 bits per heavy atom. The van der Waals surface area contributed by atoms with E-state index in [0.717, 1.165) is 11.1 Å². The molecule has 0 bridgehead atoms. The monoisotopic (exact) mass is 330 g/mol. The zero-order valence-electron chi connectivity index (χ0n) is 11.7. The molecule has 4 nitrogen and oxygen atoms in total. The molecule has 22 heavy (non-hydrogen) atoms. The average Bonchev–Trinajstić information content (AvgIpc) is 3.06. The summed E-state index contributed by atoms with van der Waals surface area (Å²) < 4.78 is 25.4. The summed E-state index contributed by atoms with van der Waals surface area (Å²) in [6.07, 6.45) is 0. The van der Waals surface area contributed by atoms with Crippen LogP contribution in [0.15, 0.2) is 74.8 Å². The molecule has 3 rings (SSSR count). The predicted molar refractivity (Wildman–Crippen MR) is 89.4 cm³/mol. The molecule has 0 aliphatic carbocycles. The van der Waals surface area contributed by atoms with Crippen LogP contribution in [0, 0.1) is 0 Å². The van der Waals surface area contributed by atoms with Gasteiger partial charge in [-0.05, 0) is 23.3 Å². The van der Waals surface area contributed by atoms with E-state index < -0.39 is 9.84 Å². The Morgan fingerprint density at radius 3 is 2.32 bits per heavy atom. The first-order valence-corrected chi connectivity index (χ1v) is 8.85. The summed E-state index contributed by atoms with van der Waals surface area (Å²) in [5.41, 5.74) is 2.53. The topological polar surface area (TPSA) is 58.9 Å². The fourth-order valence-electron chi connectivity index (χ4n) is 2.25. The van der Waals surface area contributed by atoms with Crippen LogP contribution in [0.1, 0.15) is 11.1 Å². The molecule has 0 spiro atoms. The number of sulfone groups is 1. The third-order valence-electron chi connectivity index (χ3n) is 3.44. The van der Waals surface area contributed by atoms with Gasteiger partial charge in [0.15, 0.2) is 5.03 Å². The second-order valence-electron chi connectivity index (χ2n) is 4.85. The van der Waals surface area contributed by atoms with Crippen molar-refractivity contribution < 1.29 is 8.42 Å². The molecule has 0 unspecified atom stereocenters. The Bertz CT molecular complexity index is 839. The average molecular weight is 330 g/mol. The van der Waals surface area contributed by atoms with Crippen LogP contribution in [-0.2, 0) is 15.6 Å². The van der Waals surface area contributed by atoms with Crippen molar-refractivity contribution in [3.8, 4) is 0 Å². The lowest BCUT2D eigenvalue weighted by atomic mass is 10.1. The first-order chi connectivity index (χ1) is 10.6. The van der Waals surface area contributed by atoms with Crippen LogP contribution in [0.2, 0.25) is 0 Å². The van der Waals surface area contributed by atoms with E-state index in [1.807, 2.05) is 24.3 Å². The number of azo groups is 1. The van der Waals surface area contributed by atoms with Gasteiger partial charge in [0.1, 0.15) is 0 Å². The molecule has 112 valence electrons. The lowest BCUT2D eigenvalue weighted by Crippen LogP contribution is -2.04. The number of hydrogen-bond donors (Lipinski definition) is 1. The van der Waals surface area contributed by atoms with Gasteiger partial charge in [-0.3, -0.25) is 0 Å². The van der Waals surface area contributed by atoms with Gasteiger partial charge >= 0.3 is 0 Å². The van der Waals surface area contributed by atoms with Crippen molar-refractivity contribution in [3.63, 3.8) is 0 Å². The molecule has 0 aromatic heterocycles. The van der Waals surface area contributed by atoms with Gasteiger partial charge in [0, 0.05) is 11.3 Å². The Morgan fingerprint density at radius 2 is 1.68 bits per heavy atom. The second-order valence-corrected chi connectivity index (χ2v) is 7.04. The molecular weight excluding hydrogens is 316 g/mol. The van der Waals surface area contributed by atoms with Crippen molar-refractivity contribution in [2.24, 2.45) is 10.2 Å². The fraction of sp³-hybridized carbons (Fsp3) is 0.125. The molecule has 2 aromatic rings. The second kappa shape index (κ2) is 6.06. The summed E-state index contributed by atoms with van der Waals surface area (Å²) in [7, 11) is -3.65.